The van der Waals surface area contributed by atoms with Gasteiger partial charge in [-0.3, -0.25) is 0 Å². The summed E-state index contributed by atoms with van der Waals surface area (Å²) < 4.78 is 7.13. The number of methoxy groups -OCH3 is 1. The summed E-state index contributed by atoms with van der Waals surface area (Å²) in [5, 5.41) is 17.9. The number of aromatic nitrogens is 6. The lowest BCUT2D eigenvalue weighted by atomic mass is 9.98. The molecule has 35 heavy (non-hydrogen) atoms. The highest BCUT2D eigenvalue weighted by Gasteiger charge is 2.24. The highest BCUT2D eigenvalue weighted by Crippen LogP contribution is 2.35. The zero-order valence-electron chi connectivity index (χ0n) is 19.7. The molecule has 3 heterocycles. The van der Waals surface area contributed by atoms with Gasteiger partial charge in [-0.1, -0.05) is 55.5 Å². The van der Waals surface area contributed by atoms with E-state index >= 15 is 0 Å². The van der Waals surface area contributed by atoms with E-state index in [0.29, 0.717) is 17.2 Å². The van der Waals surface area contributed by atoms with Crippen molar-refractivity contribution in [1.29, 1.82) is 0 Å². The van der Waals surface area contributed by atoms with Gasteiger partial charge in [0.15, 0.2) is 0 Å². The van der Waals surface area contributed by atoms with Crippen LogP contribution in [-0.2, 0) is 11.3 Å². The molecule has 0 amide bonds. The number of imidazole rings is 1. The van der Waals surface area contributed by atoms with E-state index in [1.165, 1.54) is 18.4 Å². The molecule has 0 atom stereocenters. The van der Waals surface area contributed by atoms with Crippen molar-refractivity contribution in [2.75, 3.05) is 19.0 Å². The molecule has 0 saturated heterocycles. The minimum Gasteiger partial charge on any atom is -0.465 e. The third-order valence-corrected chi connectivity index (χ3v) is 6.86. The van der Waals surface area contributed by atoms with Crippen LogP contribution in [0.1, 0.15) is 33.5 Å². The Morgan fingerprint density at radius 3 is 2.60 bits per heavy atom. The van der Waals surface area contributed by atoms with E-state index < -0.39 is 0 Å². The normalized spacial score (nSPS) is 11.2. The molecule has 0 fully saturated rings. The number of benzene rings is 2. The van der Waals surface area contributed by atoms with Gasteiger partial charge in [-0.25, -0.2) is 9.78 Å². The van der Waals surface area contributed by atoms with Crippen LogP contribution in [0.4, 0.5) is 5.95 Å². The van der Waals surface area contributed by atoms with Crippen LogP contribution >= 0.6 is 11.3 Å². The highest BCUT2D eigenvalue weighted by molar-refractivity contribution is 7.15. The number of esters is 1. The molecule has 3 aromatic heterocycles. The maximum absolute atomic E-state index is 12.5. The summed E-state index contributed by atoms with van der Waals surface area (Å²) in [6.07, 6.45) is 0.969. The predicted molar refractivity (Wildman–Crippen MR) is 137 cm³/mol. The van der Waals surface area contributed by atoms with Gasteiger partial charge in [0.2, 0.25) is 11.8 Å². The number of hydrogen-bond acceptors (Lipinski definition) is 8. The molecule has 5 rings (SSSR count). The number of ether oxygens (including phenoxy) is 1. The molecule has 2 N–H and O–H groups in total. The second-order valence-electron chi connectivity index (χ2n) is 8.10. The van der Waals surface area contributed by atoms with Gasteiger partial charge in [0.25, 0.3) is 0 Å². The minimum atomic E-state index is -0.343. The molecule has 10 heteroatoms. The summed E-state index contributed by atoms with van der Waals surface area (Å²) in [5.41, 5.74) is 5.72. The van der Waals surface area contributed by atoms with E-state index in [-0.39, 0.29) is 5.97 Å². The van der Waals surface area contributed by atoms with Gasteiger partial charge >= 0.3 is 5.97 Å². The zero-order valence-corrected chi connectivity index (χ0v) is 20.5. The molecule has 0 saturated carbocycles. The lowest BCUT2D eigenvalue weighted by Crippen LogP contribution is -2.10. The van der Waals surface area contributed by atoms with Crippen molar-refractivity contribution in [1.82, 2.24) is 30.2 Å². The molecular weight excluding hydrogens is 462 g/mol. The van der Waals surface area contributed by atoms with Crippen molar-refractivity contribution in [3.05, 3.63) is 63.8 Å². The second kappa shape index (κ2) is 9.67. The van der Waals surface area contributed by atoms with E-state index in [2.05, 4.69) is 61.7 Å². The molecule has 9 nitrogen and oxygen atoms in total. The summed E-state index contributed by atoms with van der Waals surface area (Å²) in [4.78, 5) is 18.9. The number of carbonyl (C=O) groups excluding carboxylic acids is 1. The van der Waals surface area contributed by atoms with E-state index in [1.807, 2.05) is 31.2 Å². The Bertz CT molecular complexity index is 1470. The fraction of sp³-hybridized carbons (Fsp3) is 0.240. The number of H-pyrrole nitrogens is 1. The highest BCUT2D eigenvalue weighted by atomic mass is 32.1. The van der Waals surface area contributed by atoms with Crippen molar-refractivity contribution < 1.29 is 9.53 Å². The number of carbonyl (C=O) groups is 1. The third kappa shape index (κ3) is 4.28. The fourth-order valence-electron chi connectivity index (χ4n) is 4.11. The Hall–Kier alpha value is -4.05. The number of nitrogens with zero attached hydrogens (tertiary/aromatic N) is 5. The smallest absolute Gasteiger partial charge is 0.350 e. The zero-order chi connectivity index (χ0) is 24.4. The first-order valence-electron chi connectivity index (χ1n) is 11.3. The predicted octanol–water partition coefficient (Wildman–Crippen LogP) is 4.91. The van der Waals surface area contributed by atoms with Crippen LogP contribution < -0.4 is 5.32 Å². The monoisotopic (exact) mass is 487 g/mol. The van der Waals surface area contributed by atoms with Gasteiger partial charge in [0, 0.05) is 17.0 Å². The van der Waals surface area contributed by atoms with Crippen LogP contribution in [0.15, 0.2) is 48.5 Å². The first-order valence-corrected chi connectivity index (χ1v) is 12.2. The molecule has 0 spiro atoms. The van der Waals surface area contributed by atoms with Crippen molar-refractivity contribution >= 4 is 34.3 Å². The maximum Gasteiger partial charge on any atom is 0.350 e. The lowest BCUT2D eigenvalue weighted by Gasteiger charge is -2.12. The molecule has 178 valence electrons. The maximum atomic E-state index is 12.5. The largest absolute Gasteiger partial charge is 0.465 e. The average Bonchev–Trinajstić information content (AvgIpc) is 3.61. The van der Waals surface area contributed by atoms with Crippen LogP contribution in [0.5, 0.6) is 0 Å². The van der Waals surface area contributed by atoms with E-state index in [9.17, 15) is 4.79 Å². The summed E-state index contributed by atoms with van der Waals surface area (Å²) in [5.74, 6) is 0.967. The molecule has 0 bridgehead atoms. The number of hydrogen-bond donors (Lipinski definition) is 2. The number of aromatic amines is 1. The quantitative estimate of drug-likeness (QED) is 0.299. The second-order valence-corrected chi connectivity index (χ2v) is 9.33. The van der Waals surface area contributed by atoms with Gasteiger partial charge in [0.1, 0.15) is 10.4 Å². The fourth-order valence-corrected chi connectivity index (χ4v) is 5.13. The number of rotatable bonds is 8. The number of anilines is 1. The minimum absolute atomic E-state index is 0.343. The molecule has 0 radical (unpaired) electrons. The van der Waals surface area contributed by atoms with Crippen LogP contribution in [0.25, 0.3) is 33.5 Å². The third-order valence-electron chi connectivity index (χ3n) is 5.79. The molecule has 0 aliphatic heterocycles. The number of aryl methyl sites for hydroxylation is 1. The number of fused-ring (bicyclic) bond motifs is 1. The van der Waals surface area contributed by atoms with Crippen molar-refractivity contribution in [3.8, 4) is 22.5 Å². The summed E-state index contributed by atoms with van der Waals surface area (Å²) in [6, 6.07) is 16.3. The first-order chi connectivity index (χ1) is 17.1. The van der Waals surface area contributed by atoms with E-state index in [1.54, 1.807) is 0 Å². The van der Waals surface area contributed by atoms with Gasteiger partial charge in [-0.2, -0.15) is 5.21 Å². The van der Waals surface area contributed by atoms with Gasteiger partial charge < -0.3 is 14.6 Å². The van der Waals surface area contributed by atoms with Crippen LogP contribution in [0.3, 0.4) is 0 Å². The Kier molecular flexibility index (Phi) is 6.28. The Labute approximate surface area is 206 Å². The summed E-state index contributed by atoms with van der Waals surface area (Å²) >= 11 is 1.42. The van der Waals surface area contributed by atoms with Crippen molar-refractivity contribution in [2.45, 2.75) is 26.8 Å². The SMILES string of the molecule is CCCNc1nc2c(C)sc(C(=O)OC)c2n1Cc1ccc(-c2ccccc2-c2nn[nH]n2)cc1. The average molecular weight is 488 g/mol. The van der Waals surface area contributed by atoms with Gasteiger partial charge in [-0.05, 0) is 35.2 Å². The number of thiophene rings is 1. The number of tetrazole rings is 1. The van der Waals surface area contributed by atoms with E-state index in [4.69, 9.17) is 9.72 Å². The van der Waals surface area contributed by atoms with Crippen LogP contribution in [0.2, 0.25) is 0 Å². The standard InChI is InChI=1S/C25H25N7O2S/c1-4-13-26-25-27-20-15(2)35-22(24(33)34-3)21(20)32(25)14-16-9-11-17(12-10-16)18-7-5-6-8-19(18)23-28-30-31-29-23/h5-12H,4,13-14H2,1-3H3,(H,26,27)(H,28,29,30,31). The van der Waals surface area contributed by atoms with Gasteiger partial charge in [0.05, 0.1) is 19.2 Å². The lowest BCUT2D eigenvalue weighted by molar-refractivity contribution is 0.0608. The molecule has 2 aromatic carbocycles. The van der Waals surface area contributed by atoms with Crippen LogP contribution in [0, 0.1) is 6.92 Å². The van der Waals surface area contributed by atoms with E-state index in [0.717, 1.165) is 57.1 Å². The Morgan fingerprint density at radius 2 is 1.91 bits per heavy atom. The molecule has 0 unspecified atom stereocenters. The molecule has 0 aliphatic rings. The van der Waals surface area contributed by atoms with Crippen molar-refractivity contribution in [3.63, 3.8) is 0 Å². The molecule has 5 aromatic rings. The summed E-state index contributed by atoms with van der Waals surface area (Å²) in [6.45, 7) is 5.45. The molecular formula is C25H25N7O2S. The number of nitrogens with one attached hydrogen (secondary N) is 2. The van der Waals surface area contributed by atoms with Gasteiger partial charge in [-0.15, -0.1) is 21.5 Å². The summed E-state index contributed by atoms with van der Waals surface area (Å²) in [7, 11) is 1.41. The molecule has 0 aliphatic carbocycles. The Balaban J connectivity index is 1.52. The first kappa shape index (κ1) is 22.7. The Morgan fingerprint density at radius 1 is 1.14 bits per heavy atom. The van der Waals surface area contributed by atoms with Crippen LogP contribution in [-0.4, -0.2) is 49.8 Å². The topological polar surface area (TPSA) is 111 Å². The van der Waals surface area contributed by atoms with Crippen molar-refractivity contribution in [2.24, 2.45) is 0 Å².